The van der Waals surface area contributed by atoms with E-state index in [-0.39, 0.29) is 11.9 Å². The average Bonchev–Trinajstić information content (AvgIpc) is 2.41. The third-order valence-electron chi connectivity index (χ3n) is 3.46. The lowest BCUT2D eigenvalue weighted by atomic mass is 9.99. The van der Waals surface area contributed by atoms with Crippen molar-refractivity contribution in [1.29, 1.82) is 0 Å². The predicted octanol–water partition coefficient (Wildman–Crippen LogP) is 6.25. The van der Waals surface area contributed by atoms with E-state index < -0.39 is 0 Å². The Morgan fingerprint density at radius 2 is 1.90 bits per heavy atom. The molecule has 4 heteroatoms. The van der Waals surface area contributed by atoms with Gasteiger partial charge in [-0.25, -0.2) is 4.39 Å². The van der Waals surface area contributed by atoms with Crippen LogP contribution >= 0.6 is 27.5 Å². The van der Waals surface area contributed by atoms with Gasteiger partial charge in [-0.1, -0.05) is 57.6 Å². The first-order valence-electron chi connectivity index (χ1n) is 7.48. The summed E-state index contributed by atoms with van der Waals surface area (Å²) < 4.78 is 14.7. The highest BCUT2D eigenvalue weighted by Crippen LogP contribution is 2.30. The second kappa shape index (κ2) is 9.75. The molecule has 0 fully saturated rings. The molecular formula is C16H24BrClFN. The Kier molecular flexibility index (Phi) is 8.74. The molecule has 0 heterocycles. The second-order valence-electron chi connectivity index (χ2n) is 5.10. The molecule has 114 valence electrons. The molecule has 0 saturated carbocycles. The topological polar surface area (TPSA) is 12.0 Å². The summed E-state index contributed by atoms with van der Waals surface area (Å²) in [6.45, 7) is 5.08. The standard InChI is InChI=1S/C16H24BrClFN/c1-3-5-6-7-8-9-16(20-4-2)12-10-14(18)13(17)11-15(12)19/h10-11,16,20H,3-9H2,1-2H3. The fraction of sp³-hybridized carbons (Fsp3) is 0.625. The van der Waals surface area contributed by atoms with Crippen LogP contribution < -0.4 is 5.32 Å². The molecule has 0 aliphatic heterocycles. The zero-order valence-corrected chi connectivity index (χ0v) is 14.7. The number of hydrogen-bond acceptors (Lipinski definition) is 1. The number of benzene rings is 1. The Morgan fingerprint density at radius 3 is 2.55 bits per heavy atom. The van der Waals surface area contributed by atoms with Crippen molar-refractivity contribution in [1.82, 2.24) is 5.32 Å². The lowest BCUT2D eigenvalue weighted by molar-refractivity contribution is 0.459. The Hall–Kier alpha value is -0.120. The maximum atomic E-state index is 14.1. The van der Waals surface area contributed by atoms with E-state index >= 15 is 0 Å². The first kappa shape index (κ1) is 17.9. The van der Waals surface area contributed by atoms with Crippen LogP contribution in [0.5, 0.6) is 0 Å². The lowest BCUT2D eigenvalue weighted by Crippen LogP contribution is -2.22. The van der Waals surface area contributed by atoms with Crippen LogP contribution in [0.2, 0.25) is 5.02 Å². The van der Waals surface area contributed by atoms with Crippen molar-refractivity contribution in [2.45, 2.75) is 58.4 Å². The fourth-order valence-corrected chi connectivity index (χ4v) is 2.86. The van der Waals surface area contributed by atoms with Gasteiger partial charge in [0.1, 0.15) is 5.82 Å². The van der Waals surface area contributed by atoms with E-state index in [0.29, 0.717) is 15.1 Å². The average molecular weight is 365 g/mol. The minimum Gasteiger partial charge on any atom is -0.310 e. The molecule has 0 spiro atoms. The largest absolute Gasteiger partial charge is 0.310 e. The minimum atomic E-state index is -0.194. The summed E-state index contributed by atoms with van der Waals surface area (Å²) in [6, 6.07) is 3.24. The van der Waals surface area contributed by atoms with Crippen molar-refractivity contribution in [3.63, 3.8) is 0 Å². The van der Waals surface area contributed by atoms with Gasteiger partial charge in [-0.05, 0) is 41.0 Å². The van der Waals surface area contributed by atoms with Crippen LogP contribution in [0.1, 0.15) is 64.0 Å². The van der Waals surface area contributed by atoms with Crippen LogP contribution in [0, 0.1) is 5.82 Å². The Bertz CT molecular complexity index is 412. The summed E-state index contributed by atoms with van der Waals surface area (Å²) in [6.07, 6.45) is 7.07. The third-order valence-corrected chi connectivity index (χ3v) is 4.66. The maximum absolute atomic E-state index is 14.1. The van der Waals surface area contributed by atoms with Gasteiger partial charge in [-0.15, -0.1) is 0 Å². The van der Waals surface area contributed by atoms with Crippen LogP contribution in [-0.2, 0) is 0 Å². The van der Waals surface area contributed by atoms with Gasteiger partial charge in [-0.3, -0.25) is 0 Å². The zero-order valence-electron chi connectivity index (χ0n) is 12.3. The predicted molar refractivity (Wildman–Crippen MR) is 88.9 cm³/mol. The number of hydrogen-bond donors (Lipinski definition) is 1. The van der Waals surface area contributed by atoms with Gasteiger partial charge in [0.05, 0.1) is 5.02 Å². The number of halogens is 3. The van der Waals surface area contributed by atoms with Crippen molar-refractivity contribution in [3.05, 3.63) is 33.0 Å². The van der Waals surface area contributed by atoms with E-state index in [2.05, 4.69) is 28.2 Å². The van der Waals surface area contributed by atoms with Crippen molar-refractivity contribution in [2.75, 3.05) is 6.54 Å². The molecule has 0 amide bonds. The van der Waals surface area contributed by atoms with Crippen molar-refractivity contribution < 1.29 is 4.39 Å². The van der Waals surface area contributed by atoms with E-state index in [0.717, 1.165) is 19.4 Å². The quantitative estimate of drug-likeness (QED) is 0.403. The monoisotopic (exact) mass is 363 g/mol. The van der Waals surface area contributed by atoms with Crippen LogP contribution in [0.25, 0.3) is 0 Å². The summed E-state index contributed by atoms with van der Waals surface area (Å²) >= 11 is 9.35. The molecule has 0 aromatic heterocycles. The van der Waals surface area contributed by atoms with Crippen molar-refractivity contribution in [2.24, 2.45) is 0 Å². The SMILES string of the molecule is CCCCCCCC(NCC)c1cc(Cl)c(Br)cc1F. The van der Waals surface area contributed by atoms with Gasteiger partial charge in [0.25, 0.3) is 0 Å². The molecule has 1 nitrogen and oxygen atoms in total. The molecule has 0 bridgehead atoms. The number of unbranched alkanes of at least 4 members (excludes halogenated alkanes) is 4. The fourth-order valence-electron chi connectivity index (χ4n) is 2.37. The molecule has 1 rings (SSSR count). The molecule has 0 saturated heterocycles. The van der Waals surface area contributed by atoms with E-state index in [1.54, 1.807) is 6.07 Å². The molecule has 1 N–H and O–H groups in total. The van der Waals surface area contributed by atoms with Gasteiger partial charge < -0.3 is 5.32 Å². The zero-order chi connectivity index (χ0) is 15.0. The lowest BCUT2D eigenvalue weighted by Gasteiger charge is -2.19. The maximum Gasteiger partial charge on any atom is 0.129 e. The van der Waals surface area contributed by atoms with Crippen molar-refractivity contribution in [3.8, 4) is 0 Å². The number of nitrogens with one attached hydrogen (secondary N) is 1. The van der Waals surface area contributed by atoms with E-state index in [9.17, 15) is 4.39 Å². The first-order chi connectivity index (χ1) is 9.60. The molecule has 1 atom stereocenters. The normalized spacial score (nSPS) is 12.7. The van der Waals surface area contributed by atoms with Gasteiger partial charge in [0, 0.05) is 16.1 Å². The molecule has 1 unspecified atom stereocenters. The summed E-state index contributed by atoms with van der Waals surface area (Å²) in [5.74, 6) is -0.194. The van der Waals surface area contributed by atoms with Crippen molar-refractivity contribution >= 4 is 27.5 Å². The van der Waals surface area contributed by atoms with Crippen LogP contribution in [0.4, 0.5) is 4.39 Å². The molecule has 0 aliphatic carbocycles. The summed E-state index contributed by atoms with van der Waals surface area (Å²) in [4.78, 5) is 0. The van der Waals surface area contributed by atoms with E-state index in [1.807, 2.05) is 6.92 Å². The minimum absolute atomic E-state index is 0.0484. The van der Waals surface area contributed by atoms with E-state index in [1.165, 1.54) is 31.7 Å². The molecular weight excluding hydrogens is 341 g/mol. The van der Waals surface area contributed by atoms with Gasteiger partial charge >= 0.3 is 0 Å². The Balaban J connectivity index is 2.67. The van der Waals surface area contributed by atoms with Gasteiger partial charge in [-0.2, -0.15) is 0 Å². The molecule has 0 radical (unpaired) electrons. The third kappa shape index (κ3) is 5.71. The van der Waals surface area contributed by atoms with Gasteiger partial charge in [0.2, 0.25) is 0 Å². The molecule has 0 aliphatic rings. The summed E-state index contributed by atoms with van der Waals surface area (Å²) in [5, 5.41) is 3.93. The van der Waals surface area contributed by atoms with Crippen LogP contribution in [-0.4, -0.2) is 6.54 Å². The summed E-state index contributed by atoms with van der Waals surface area (Å²) in [5.41, 5.74) is 0.676. The van der Waals surface area contributed by atoms with E-state index in [4.69, 9.17) is 11.6 Å². The summed E-state index contributed by atoms with van der Waals surface area (Å²) in [7, 11) is 0. The molecule has 1 aromatic rings. The molecule has 20 heavy (non-hydrogen) atoms. The van der Waals surface area contributed by atoms with Crippen LogP contribution in [0.15, 0.2) is 16.6 Å². The highest BCUT2D eigenvalue weighted by atomic mass is 79.9. The van der Waals surface area contributed by atoms with Crippen LogP contribution in [0.3, 0.4) is 0 Å². The first-order valence-corrected chi connectivity index (χ1v) is 8.65. The Labute approximate surface area is 135 Å². The highest BCUT2D eigenvalue weighted by molar-refractivity contribution is 9.10. The number of rotatable bonds is 9. The highest BCUT2D eigenvalue weighted by Gasteiger charge is 2.16. The second-order valence-corrected chi connectivity index (χ2v) is 6.36. The smallest absolute Gasteiger partial charge is 0.129 e. The van der Waals surface area contributed by atoms with Gasteiger partial charge in [0.15, 0.2) is 0 Å². The molecule has 1 aromatic carbocycles. The Morgan fingerprint density at radius 1 is 1.20 bits per heavy atom.